The summed E-state index contributed by atoms with van der Waals surface area (Å²) in [5.74, 6) is -2.23. The van der Waals surface area contributed by atoms with Gasteiger partial charge in [0.1, 0.15) is 17.3 Å². The Labute approximate surface area is 205 Å². The van der Waals surface area contributed by atoms with Crippen LogP contribution in [0.5, 0.6) is 0 Å². The van der Waals surface area contributed by atoms with E-state index < -0.39 is 23.5 Å². The summed E-state index contributed by atoms with van der Waals surface area (Å²) in [7, 11) is 1.47. The number of hydrogen-bond acceptors (Lipinski definition) is 4. The molecule has 10 heteroatoms. The molecule has 2 heterocycles. The minimum absolute atomic E-state index is 0.128. The number of aromatic nitrogens is 3. The number of nitrogens with one attached hydrogen (secondary N) is 3. The third-order valence-electron chi connectivity index (χ3n) is 5.75. The molecule has 0 unspecified atom stereocenters. The van der Waals surface area contributed by atoms with E-state index in [0.717, 1.165) is 0 Å². The highest BCUT2D eigenvalue weighted by atomic mass is 35.5. The van der Waals surface area contributed by atoms with Gasteiger partial charge < -0.3 is 15.2 Å². The van der Waals surface area contributed by atoms with Gasteiger partial charge in [-0.3, -0.25) is 19.5 Å². The first-order chi connectivity index (χ1) is 16.7. The molecule has 2 aromatic carbocycles. The van der Waals surface area contributed by atoms with Gasteiger partial charge in [0.25, 0.3) is 11.8 Å². The molecular weight excluding hydrogens is 473 g/mol. The van der Waals surface area contributed by atoms with Gasteiger partial charge in [0.15, 0.2) is 5.69 Å². The van der Waals surface area contributed by atoms with Gasteiger partial charge in [-0.1, -0.05) is 36.7 Å². The number of para-hydroxylation sites is 1. The van der Waals surface area contributed by atoms with Gasteiger partial charge in [-0.15, -0.1) is 0 Å². The van der Waals surface area contributed by atoms with Crippen molar-refractivity contribution in [3.05, 3.63) is 82.0 Å². The summed E-state index contributed by atoms with van der Waals surface area (Å²) in [4.78, 5) is 38.1. The van der Waals surface area contributed by atoms with Crippen molar-refractivity contribution in [3.8, 4) is 0 Å². The molecule has 0 saturated carbocycles. The molecule has 35 heavy (non-hydrogen) atoms. The van der Waals surface area contributed by atoms with Crippen molar-refractivity contribution >= 4 is 45.8 Å². The van der Waals surface area contributed by atoms with Crippen molar-refractivity contribution in [2.75, 3.05) is 12.4 Å². The number of rotatable bonds is 7. The van der Waals surface area contributed by atoms with Crippen LogP contribution in [0.25, 0.3) is 10.9 Å². The standard InChI is InChI=1S/C25H23ClFN5O3/c1-13(33)12-32-21(24(34)28-3)11-20(23(32)14(2)17-10-15(27)8-9-18(17)26)29-25(35)22-16-6-4-5-7-19(16)30-31-22/h4-11,14H,12H2,1-3H3,(H,28,34)(H,29,35)(H,30,31)/t14-/m1/s1. The van der Waals surface area contributed by atoms with Gasteiger partial charge in [-0.05, 0) is 42.8 Å². The Kier molecular flexibility index (Phi) is 6.70. The number of halogens is 2. The molecule has 4 aromatic rings. The first-order valence-corrected chi connectivity index (χ1v) is 11.2. The van der Waals surface area contributed by atoms with Crippen molar-refractivity contribution in [2.24, 2.45) is 0 Å². The van der Waals surface area contributed by atoms with Crippen LogP contribution in [-0.4, -0.2) is 39.4 Å². The Hall–Kier alpha value is -3.98. The van der Waals surface area contributed by atoms with Crippen molar-refractivity contribution in [3.63, 3.8) is 0 Å². The Balaban J connectivity index is 1.87. The number of nitrogens with zero attached hydrogens (tertiary/aromatic N) is 2. The topological polar surface area (TPSA) is 109 Å². The molecule has 2 aromatic heterocycles. The monoisotopic (exact) mass is 495 g/mol. The molecule has 0 fully saturated rings. The largest absolute Gasteiger partial charge is 0.354 e. The van der Waals surface area contributed by atoms with Crippen LogP contribution in [0.1, 0.15) is 52.0 Å². The van der Waals surface area contributed by atoms with Crippen LogP contribution in [0.3, 0.4) is 0 Å². The zero-order valence-corrected chi connectivity index (χ0v) is 20.0. The van der Waals surface area contributed by atoms with E-state index >= 15 is 0 Å². The molecule has 1 atom stereocenters. The van der Waals surface area contributed by atoms with Crippen molar-refractivity contribution < 1.29 is 18.8 Å². The number of amides is 2. The predicted octanol–water partition coefficient (Wildman–Crippen LogP) is 4.51. The molecule has 8 nitrogen and oxygen atoms in total. The smallest absolute Gasteiger partial charge is 0.276 e. The minimum atomic E-state index is -0.581. The fourth-order valence-electron chi connectivity index (χ4n) is 4.15. The number of benzene rings is 2. The lowest BCUT2D eigenvalue weighted by Crippen LogP contribution is -2.24. The summed E-state index contributed by atoms with van der Waals surface area (Å²) in [6.07, 6.45) is 0. The lowest BCUT2D eigenvalue weighted by atomic mass is 9.96. The molecule has 2 amide bonds. The third kappa shape index (κ3) is 4.67. The molecule has 0 saturated heterocycles. The minimum Gasteiger partial charge on any atom is -0.354 e. The molecule has 0 bridgehead atoms. The predicted molar refractivity (Wildman–Crippen MR) is 131 cm³/mol. The number of hydrogen-bond donors (Lipinski definition) is 3. The number of ketones is 1. The van der Waals surface area contributed by atoms with E-state index in [1.165, 1.54) is 42.8 Å². The van der Waals surface area contributed by atoms with E-state index in [1.807, 2.05) is 6.07 Å². The number of fused-ring (bicyclic) bond motifs is 1. The number of aromatic amines is 1. The second kappa shape index (κ2) is 9.71. The zero-order chi connectivity index (χ0) is 25.3. The Morgan fingerprint density at radius 1 is 1.14 bits per heavy atom. The number of anilines is 1. The maximum absolute atomic E-state index is 14.1. The molecule has 0 aliphatic heterocycles. The molecule has 3 N–H and O–H groups in total. The van der Waals surface area contributed by atoms with E-state index in [0.29, 0.717) is 27.2 Å². The zero-order valence-electron chi connectivity index (χ0n) is 19.3. The first kappa shape index (κ1) is 24.2. The molecule has 0 spiro atoms. The average molecular weight is 496 g/mol. The summed E-state index contributed by atoms with van der Waals surface area (Å²) in [6.45, 7) is 3.03. The van der Waals surface area contributed by atoms with Crippen LogP contribution >= 0.6 is 11.6 Å². The van der Waals surface area contributed by atoms with Gasteiger partial charge in [0.2, 0.25) is 0 Å². The first-order valence-electron chi connectivity index (χ1n) is 10.9. The van der Waals surface area contributed by atoms with Gasteiger partial charge in [0.05, 0.1) is 17.7 Å². The summed E-state index contributed by atoms with van der Waals surface area (Å²) < 4.78 is 15.6. The number of H-pyrrole nitrogens is 1. The normalized spacial score (nSPS) is 11.9. The second-order valence-electron chi connectivity index (χ2n) is 8.16. The van der Waals surface area contributed by atoms with E-state index in [4.69, 9.17) is 11.6 Å². The number of carbonyl (C=O) groups is 3. The van der Waals surface area contributed by atoms with E-state index in [-0.39, 0.29) is 29.4 Å². The quantitative estimate of drug-likeness (QED) is 0.350. The maximum Gasteiger partial charge on any atom is 0.276 e. The molecule has 4 rings (SSSR count). The highest BCUT2D eigenvalue weighted by molar-refractivity contribution is 6.31. The third-order valence-corrected chi connectivity index (χ3v) is 6.09. The molecule has 0 aliphatic rings. The van der Waals surface area contributed by atoms with E-state index in [1.54, 1.807) is 25.1 Å². The van der Waals surface area contributed by atoms with Crippen molar-refractivity contribution in [1.29, 1.82) is 0 Å². The van der Waals surface area contributed by atoms with Crippen LogP contribution in [0.4, 0.5) is 10.1 Å². The Morgan fingerprint density at radius 2 is 1.89 bits per heavy atom. The van der Waals surface area contributed by atoms with E-state index in [2.05, 4.69) is 20.8 Å². The SMILES string of the molecule is CNC(=O)c1cc(NC(=O)c2n[nH]c3ccccc23)c([C@H](C)c2cc(F)ccc2Cl)n1CC(C)=O. The van der Waals surface area contributed by atoms with Crippen molar-refractivity contribution in [1.82, 2.24) is 20.1 Å². The van der Waals surface area contributed by atoms with Crippen LogP contribution in [0, 0.1) is 5.82 Å². The summed E-state index contributed by atoms with van der Waals surface area (Å²) in [5, 5.41) is 13.3. The van der Waals surface area contributed by atoms with Gasteiger partial charge in [-0.2, -0.15) is 5.10 Å². The van der Waals surface area contributed by atoms with E-state index in [9.17, 15) is 18.8 Å². The lowest BCUT2D eigenvalue weighted by molar-refractivity contribution is -0.117. The average Bonchev–Trinajstić information content (AvgIpc) is 3.41. The summed E-state index contributed by atoms with van der Waals surface area (Å²) in [5.41, 5.74) is 2.19. The molecule has 0 radical (unpaired) electrons. The Morgan fingerprint density at radius 3 is 2.60 bits per heavy atom. The number of carbonyl (C=O) groups excluding carboxylic acids is 3. The summed E-state index contributed by atoms with van der Waals surface area (Å²) >= 11 is 6.38. The lowest BCUT2D eigenvalue weighted by Gasteiger charge is -2.20. The number of Topliss-reactive ketones (excluding diaryl/α,β-unsaturated/α-hetero) is 1. The van der Waals surface area contributed by atoms with Crippen LogP contribution in [-0.2, 0) is 11.3 Å². The molecule has 180 valence electrons. The highest BCUT2D eigenvalue weighted by Gasteiger charge is 2.28. The van der Waals surface area contributed by atoms with Gasteiger partial charge in [-0.25, -0.2) is 4.39 Å². The van der Waals surface area contributed by atoms with Gasteiger partial charge in [0, 0.05) is 29.1 Å². The van der Waals surface area contributed by atoms with Crippen LogP contribution < -0.4 is 10.6 Å². The fourth-order valence-corrected chi connectivity index (χ4v) is 4.43. The van der Waals surface area contributed by atoms with Crippen LogP contribution in [0.15, 0.2) is 48.5 Å². The Bertz CT molecular complexity index is 1460. The van der Waals surface area contributed by atoms with Gasteiger partial charge >= 0.3 is 0 Å². The summed E-state index contributed by atoms with van der Waals surface area (Å²) in [6, 6.07) is 12.6. The highest BCUT2D eigenvalue weighted by Crippen LogP contribution is 2.37. The maximum atomic E-state index is 14.1. The van der Waals surface area contributed by atoms with Crippen molar-refractivity contribution in [2.45, 2.75) is 26.3 Å². The molecule has 0 aliphatic carbocycles. The molecular formula is C25H23ClFN5O3. The fraction of sp³-hybridized carbons (Fsp3) is 0.200. The second-order valence-corrected chi connectivity index (χ2v) is 8.56. The van der Waals surface area contributed by atoms with Crippen LogP contribution in [0.2, 0.25) is 5.02 Å².